The highest BCUT2D eigenvalue weighted by Gasteiger charge is 2.29. The number of carbonyl (C=O) groups is 1. The van der Waals surface area contributed by atoms with Gasteiger partial charge in [0.15, 0.2) is 0 Å². The van der Waals surface area contributed by atoms with Crippen LogP contribution in [0.25, 0.3) is 0 Å². The number of benzene rings is 2. The van der Waals surface area contributed by atoms with Gasteiger partial charge in [0.2, 0.25) is 5.95 Å². The molecule has 1 aliphatic rings. The highest BCUT2D eigenvalue weighted by Crippen LogP contribution is 2.36. The van der Waals surface area contributed by atoms with Crippen molar-refractivity contribution < 1.29 is 4.79 Å². The fourth-order valence-electron chi connectivity index (χ4n) is 3.83. The standard InChI is InChI=1S/C23H24N4O/c1-4-26(19-10-7-8-16(2)14-19)22(28)20-12-13-24-23(25-20)27-17(3)15-18-9-5-6-11-21(18)27/h5-14,17H,4,15H2,1-3H3. The lowest BCUT2D eigenvalue weighted by atomic mass is 10.1. The van der Waals surface area contributed by atoms with Crippen LogP contribution >= 0.6 is 0 Å². The van der Waals surface area contributed by atoms with E-state index in [2.05, 4.69) is 40.0 Å². The number of anilines is 3. The quantitative estimate of drug-likeness (QED) is 0.675. The minimum atomic E-state index is -0.114. The summed E-state index contributed by atoms with van der Waals surface area (Å²) in [4.78, 5) is 26.2. The number of hydrogen-bond acceptors (Lipinski definition) is 4. The van der Waals surface area contributed by atoms with E-state index >= 15 is 0 Å². The monoisotopic (exact) mass is 372 g/mol. The van der Waals surface area contributed by atoms with E-state index in [9.17, 15) is 4.79 Å². The van der Waals surface area contributed by atoms with Crippen LogP contribution in [0, 0.1) is 6.92 Å². The number of rotatable bonds is 4. The molecule has 3 aromatic rings. The first-order chi connectivity index (χ1) is 13.6. The van der Waals surface area contributed by atoms with Crippen molar-refractivity contribution in [2.45, 2.75) is 33.2 Å². The Morgan fingerprint density at radius 1 is 1.18 bits per heavy atom. The Bertz CT molecular complexity index is 1020. The van der Waals surface area contributed by atoms with Crippen LogP contribution in [0.1, 0.15) is 35.5 Å². The second-order valence-corrected chi connectivity index (χ2v) is 7.18. The molecule has 1 atom stereocenters. The van der Waals surface area contributed by atoms with E-state index in [0.717, 1.165) is 23.4 Å². The molecule has 2 aromatic carbocycles. The molecular weight excluding hydrogens is 348 g/mol. The maximum Gasteiger partial charge on any atom is 0.277 e. The normalized spacial score (nSPS) is 15.4. The van der Waals surface area contributed by atoms with E-state index in [1.165, 1.54) is 5.56 Å². The molecule has 0 bridgehead atoms. The average Bonchev–Trinajstić information content (AvgIpc) is 3.04. The van der Waals surface area contributed by atoms with Gasteiger partial charge in [-0.1, -0.05) is 30.3 Å². The van der Waals surface area contributed by atoms with Crippen LogP contribution in [-0.2, 0) is 6.42 Å². The van der Waals surface area contributed by atoms with Gasteiger partial charge in [0.25, 0.3) is 5.91 Å². The predicted octanol–water partition coefficient (Wildman–Crippen LogP) is 4.53. The molecule has 0 radical (unpaired) electrons. The molecule has 2 heterocycles. The number of fused-ring (bicyclic) bond motifs is 1. The van der Waals surface area contributed by atoms with E-state index in [1.54, 1.807) is 17.2 Å². The molecule has 1 aromatic heterocycles. The third kappa shape index (κ3) is 3.24. The molecule has 0 saturated carbocycles. The molecule has 0 spiro atoms. The van der Waals surface area contributed by atoms with Gasteiger partial charge >= 0.3 is 0 Å². The number of nitrogens with zero attached hydrogens (tertiary/aromatic N) is 4. The molecule has 0 saturated heterocycles. The van der Waals surface area contributed by atoms with Crippen LogP contribution in [0.4, 0.5) is 17.3 Å². The Kier molecular flexibility index (Phi) is 4.82. The van der Waals surface area contributed by atoms with Crippen LogP contribution in [0.5, 0.6) is 0 Å². The summed E-state index contributed by atoms with van der Waals surface area (Å²) < 4.78 is 0. The Hall–Kier alpha value is -3.21. The van der Waals surface area contributed by atoms with Crippen LogP contribution in [0.15, 0.2) is 60.8 Å². The van der Waals surface area contributed by atoms with Gasteiger partial charge in [0.1, 0.15) is 5.69 Å². The minimum absolute atomic E-state index is 0.114. The third-order valence-corrected chi connectivity index (χ3v) is 5.16. The zero-order chi connectivity index (χ0) is 19.7. The fourth-order valence-corrected chi connectivity index (χ4v) is 3.83. The molecule has 0 aliphatic carbocycles. The van der Waals surface area contributed by atoms with Crippen molar-refractivity contribution in [1.29, 1.82) is 0 Å². The molecule has 4 rings (SSSR count). The summed E-state index contributed by atoms with van der Waals surface area (Å²) in [6.45, 7) is 6.73. The van der Waals surface area contributed by atoms with Gasteiger partial charge in [-0.25, -0.2) is 9.97 Å². The summed E-state index contributed by atoms with van der Waals surface area (Å²) in [6.07, 6.45) is 2.62. The number of hydrogen-bond donors (Lipinski definition) is 0. The Morgan fingerprint density at radius 2 is 2.00 bits per heavy atom. The van der Waals surface area contributed by atoms with Gasteiger partial charge in [-0.2, -0.15) is 0 Å². The summed E-state index contributed by atoms with van der Waals surface area (Å²) >= 11 is 0. The van der Waals surface area contributed by atoms with Crippen molar-refractivity contribution >= 4 is 23.2 Å². The second kappa shape index (κ2) is 7.43. The SMILES string of the molecule is CCN(C(=O)c1ccnc(N2c3ccccc3CC2C)n1)c1cccc(C)c1. The van der Waals surface area contributed by atoms with Gasteiger partial charge in [-0.05, 0) is 62.6 Å². The number of aromatic nitrogens is 2. The maximum absolute atomic E-state index is 13.2. The zero-order valence-electron chi connectivity index (χ0n) is 16.5. The van der Waals surface area contributed by atoms with E-state index in [0.29, 0.717) is 18.2 Å². The van der Waals surface area contributed by atoms with Crippen molar-refractivity contribution in [3.05, 3.63) is 77.6 Å². The van der Waals surface area contributed by atoms with Crippen molar-refractivity contribution in [3.8, 4) is 0 Å². The summed E-state index contributed by atoms with van der Waals surface area (Å²) in [6, 6.07) is 18.2. The average molecular weight is 372 g/mol. The van der Waals surface area contributed by atoms with E-state index in [-0.39, 0.29) is 11.9 Å². The van der Waals surface area contributed by atoms with Gasteiger partial charge in [-0.3, -0.25) is 4.79 Å². The molecule has 5 nitrogen and oxygen atoms in total. The molecular formula is C23H24N4O. The van der Waals surface area contributed by atoms with Crippen LogP contribution in [-0.4, -0.2) is 28.5 Å². The topological polar surface area (TPSA) is 49.3 Å². The first-order valence-electron chi connectivity index (χ1n) is 9.67. The summed E-state index contributed by atoms with van der Waals surface area (Å²) in [5.74, 6) is 0.459. The molecule has 1 unspecified atom stereocenters. The van der Waals surface area contributed by atoms with Crippen molar-refractivity contribution in [2.24, 2.45) is 0 Å². The number of para-hydroxylation sites is 1. The number of amides is 1. The Morgan fingerprint density at radius 3 is 2.79 bits per heavy atom. The molecule has 0 N–H and O–H groups in total. The highest BCUT2D eigenvalue weighted by atomic mass is 16.2. The molecule has 28 heavy (non-hydrogen) atoms. The van der Waals surface area contributed by atoms with Gasteiger partial charge in [-0.15, -0.1) is 0 Å². The Balaban J connectivity index is 1.68. The largest absolute Gasteiger partial charge is 0.307 e. The first-order valence-corrected chi connectivity index (χ1v) is 9.67. The van der Waals surface area contributed by atoms with Gasteiger partial charge < -0.3 is 9.80 Å². The summed E-state index contributed by atoms with van der Waals surface area (Å²) in [5, 5.41) is 0. The minimum Gasteiger partial charge on any atom is -0.307 e. The van der Waals surface area contributed by atoms with Crippen molar-refractivity contribution in [1.82, 2.24) is 9.97 Å². The van der Waals surface area contributed by atoms with Crippen molar-refractivity contribution in [2.75, 3.05) is 16.3 Å². The highest BCUT2D eigenvalue weighted by molar-refractivity contribution is 6.05. The van der Waals surface area contributed by atoms with Crippen LogP contribution in [0.2, 0.25) is 0 Å². The van der Waals surface area contributed by atoms with Crippen LogP contribution < -0.4 is 9.80 Å². The zero-order valence-corrected chi connectivity index (χ0v) is 16.5. The first kappa shape index (κ1) is 18.2. The van der Waals surface area contributed by atoms with Crippen molar-refractivity contribution in [3.63, 3.8) is 0 Å². The summed E-state index contributed by atoms with van der Waals surface area (Å²) in [5.41, 5.74) is 4.81. The molecule has 1 aliphatic heterocycles. The number of aryl methyl sites for hydroxylation is 1. The predicted molar refractivity (Wildman–Crippen MR) is 112 cm³/mol. The van der Waals surface area contributed by atoms with Gasteiger partial charge in [0, 0.05) is 30.2 Å². The molecule has 0 fully saturated rings. The van der Waals surface area contributed by atoms with E-state index in [1.807, 2.05) is 44.2 Å². The second-order valence-electron chi connectivity index (χ2n) is 7.18. The molecule has 5 heteroatoms. The fraction of sp³-hybridized carbons (Fsp3) is 0.261. The smallest absolute Gasteiger partial charge is 0.277 e. The van der Waals surface area contributed by atoms with Crippen LogP contribution in [0.3, 0.4) is 0 Å². The van der Waals surface area contributed by atoms with E-state index in [4.69, 9.17) is 0 Å². The maximum atomic E-state index is 13.2. The lowest BCUT2D eigenvalue weighted by Gasteiger charge is -2.24. The lowest BCUT2D eigenvalue weighted by Crippen LogP contribution is -2.32. The number of carbonyl (C=O) groups excluding carboxylic acids is 1. The Labute approximate surface area is 165 Å². The van der Waals surface area contributed by atoms with Gasteiger partial charge in [0.05, 0.1) is 0 Å². The summed E-state index contributed by atoms with van der Waals surface area (Å²) in [7, 11) is 0. The lowest BCUT2D eigenvalue weighted by molar-refractivity contribution is 0.0983. The third-order valence-electron chi connectivity index (χ3n) is 5.16. The molecule has 142 valence electrons. The molecule has 1 amide bonds. The van der Waals surface area contributed by atoms with E-state index < -0.39 is 0 Å².